The van der Waals surface area contributed by atoms with Gasteiger partial charge in [0.05, 0.1) is 12.1 Å². The Bertz CT molecular complexity index is 549. The van der Waals surface area contributed by atoms with Gasteiger partial charge in [-0.05, 0) is 12.1 Å². The van der Waals surface area contributed by atoms with Crippen LogP contribution >= 0.6 is 0 Å². The molecule has 18 heavy (non-hydrogen) atoms. The van der Waals surface area contributed by atoms with Crippen molar-refractivity contribution < 1.29 is 4.79 Å². The second-order valence-corrected chi connectivity index (χ2v) is 3.86. The van der Waals surface area contributed by atoms with Crippen LogP contribution in [0.15, 0.2) is 30.5 Å². The fraction of sp³-hybridized carbons (Fsp3) is 0.250. The first kappa shape index (κ1) is 12.1. The predicted octanol–water partition coefficient (Wildman–Crippen LogP) is 0.787. The van der Waals surface area contributed by atoms with Gasteiger partial charge in [-0.2, -0.15) is 0 Å². The summed E-state index contributed by atoms with van der Waals surface area (Å²) in [6, 6.07) is 7.35. The van der Waals surface area contributed by atoms with Crippen LogP contribution in [0.5, 0.6) is 0 Å². The SMILES string of the molecule is CNc1ccccc1C(=O)NCc1cn(C)nn1. The van der Waals surface area contributed by atoms with Crippen LogP contribution in [0.1, 0.15) is 16.1 Å². The highest BCUT2D eigenvalue weighted by Crippen LogP contribution is 2.13. The number of benzene rings is 1. The van der Waals surface area contributed by atoms with E-state index < -0.39 is 0 Å². The van der Waals surface area contributed by atoms with E-state index in [0.29, 0.717) is 12.1 Å². The molecule has 0 spiro atoms. The minimum Gasteiger partial charge on any atom is -0.387 e. The van der Waals surface area contributed by atoms with Crippen molar-refractivity contribution in [1.29, 1.82) is 0 Å². The van der Waals surface area contributed by atoms with Gasteiger partial charge in [-0.25, -0.2) is 0 Å². The van der Waals surface area contributed by atoms with E-state index in [1.807, 2.05) is 18.2 Å². The molecule has 0 atom stereocenters. The molecule has 1 amide bonds. The summed E-state index contributed by atoms with van der Waals surface area (Å²) >= 11 is 0. The summed E-state index contributed by atoms with van der Waals surface area (Å²) in [6.07, 6.45) is 1.77. The Morgan fingerprint density at radius 2 is 2.17 bits per heavy atom. The molecule has 0 radical (unpaired) electrons. The van der Waals surface area contributed by atoms with Crippen molar-refractivity contribution in [2.45, 2.75) is 6.54 Å². The second kappa shape index (κ2) is 5.31. The Labute approximate surface area is 105 Å². The zero-order chi connectivity index (χ0) is 13.0. The molecule has 1 aromatic heterocycles. The predicted molar refractivity (Wildman–Crippen MR) is 68.2 cm³/mol. The number of amides is 1. The standard InChI is InChI=1S/C12H15N5O/c1-13-11-6-4-3-5-10(11)12(18)14-7-9-8-17(2)16-15-9/h3-6,8,13H,7H2,1-2H3,(H,14,18). The van der Waals surface area contributed by atoms with E-state index in [0.717, 1.165) is 11.4 Å². The van der Waals surface area contributed by atoms with Crippen molar-refractivity contribution >= 4 is 11.6 Å². The normalized spacial score (nSPS) is 10.1. The zero-order valence-corrected chi connectivity index (χ0v) is 10.3. The summed E-state index contributed by atoms with van der Waals surface area (Å²) < 4.78 is 1.60. The van der Waals surface area contributed by atoms with Gasteiger partial charge in [0.1, 0.15) is 5.69 Å². The lowest BCUT2D eigenvalue weighted by molar-refractivity contribution is 0.0951. The maximum absolute atomic E-state index is 12.0. The van der Waals surface area contributed by atoms with Gasteiger partial charge in [-0.1, -0.05) is 17.3 Å². The maximum atomic E-state index is 12.0. The first-order chi connectivity index (χ1) is 8.70. The number of nitrogens with zero attached hydrogens (tertiary/aromatic N) is 3. The monoisotopic (exact) mass is 245 g/mol. The smallest absolute Gasteiger partial charge is 0.253 e. The highest BCUT2D eigenvalue weighted by molar-refractivity contribution is 5.99. The fourth-order valence-electron chi connectivity index (χ4n) is 1.64. The molecule has 0 aliphatic heterocycles. The highest BCUT2D eigenvalue weighted by atomic mass is 16.1. The van der Waals surface area contributed by atoms with E-state index in [-0.39, 0.29) is 5.91 Å². The number of nitrogens with one attached hydrogen (secondary N) is 2. The number of aromatic nitrogens is 3. The van der Waals surface area contributed by atoms with Gasteiger partial charge in [0.2, 0.25) is 0 Å². The molecular weight excluding hydrogens is 230 g/mol. The van der Waals surface area contributed by atoms with Crippen LogP contribution in [0, 0.1) is 0 Å². The van der Waals surface area contributed by atoms with Crippen LogP contribution in [-0.2, 0) is 13.6 Å². The van der Waals surface area contributed by atoms with Crippen molar-refractivity contribution in [3.8, 4) is 0 Å². The zero-order valence-electron chi connectivity index (χ0n) is 10.3. The first-order valence-corrected chi connectivity index (χ1v) is 5.61. The molecule has 6 nitrogen and oxygen atoms in total. The molecular formula is C12H15N5O. The van der Waals surface area contributed by atoms with Gasteiger partial charge in [0, 0.05) is 26.0 Å². The summed E-state index contributed by atoms with van der Waals surface area (Å²) in [4.78, 5) is 12.0. The van der Waals surface area contributed by atoms with Crippen molar-refractivity contribution in [3.05, 3.63) is 41.7 Å². The van der Waals surface area contributed by atoms with E-state index in [2.05, 4.69) is 20.9 Å². The molecule has 0 saturated heterocycles. The quantitative estimate of drug-likeness (QED) is 0.835. The first-order valence-electron chi connectivity index (χ1n) is 5.61. The molecule has 2 rings (SSSR count). The Kier molecular flexibility index (Phi) is 3.57. The molecule has 2 aromatic rings. The van der Waals surface area contributed by atoms with Crippen molar-refractivity contribution in [1.82, 2.24) is 20.3 Å². The number of hydrogen-bond acceptors (Lipinski definition) is 4. The lowest BCUT2D eigenvalue weighted by Crippen LogP contribution is -2.23. The number of para-hydroxylation sites is 1. The summed E-state index contributed by atoms with van der Waals surface area (Å²) in [5.41, 5.74) is 2.14. The van der Waals surface area contributed by atoms with Gasteiger partial charge in [-0.3, -0.25) is 9.48 Å². The molecule has 2 N–H and O–H groups in total. The summed E-state index contributed by atoms with van der Waals surface area (Å²) in [5, 5.41) is 13.5. The van der Waals surface area contributed by atoms with Crippen LogP contribution in [0.2, 0.25) is 0 Å². The van der Waals surface area contributed by atoms with Crippen molar-refractivity contribution in [3.63, 3.8) is 0 Å². The molecule has 1 heterocycles. The van der Waals surface area contributed by atoms with Gasteiger partial charge in [-0.15, -0.1) is 5.10 Å². The van der Waals surface area contributed by atoms with Crippen LogP contribution in [0.25, 0.3) is 0 Å². The van der Waals surface area contributed by atoms with Crippen LogP contribution in [0.4, 0.5) is 5.69 Å². The minimum atomic E-state index is -0.134. The summed E-state index contributed by atoms with van der Waals surface area (Å²) in [5.74, 6) is -0.134. The minimum absolute atomic E-state index is 0.134. The van der Waals surface area contributed by atoms with E-state index in [1.165, 1.54) is 0 Å². The van der Waals surface area contributed by atoms with Crippen LogP contribution in [0.3, 0.4) is 0 Å². The Morgan fingerprint density at radius 3 is 2.83 bits per heavy atom. The second-order valence-electron chi connectivity index (χ2n) is 3.86. The van der Waals surface area contributed by atoms with E-state index in [4.69, 9.17) is 0 Å². The molecule has 0 bridgehead atoms. The third-order valence-electron chi connectivity index (χ3n) is 2.52. The number of rotatable bonds is 4. The average molecular weight is 245 g/mol. The van der Waals surface area contributed by atoms with E-state index >= 15 is 0 Å². The third-order valence-corrected chi connectivity index (χ3v) is 2.52. The lowest BCUT2D eigenvalue weighted by Gasteiger charge is -2.08. The number of carbonyl (C=O) groups is 1. The molecule has 0 saturated carbocycles. The van der Waals surface area contributed by atoms with Crippen molar-refractivity contribution in [2.75, 3.05) is 12.4 Å². The maximum Gasteiger partial charge on any atom is 0.253 e. The lowest BCUT2D eigenvalue weighted by atomic mass is 10.1. The largest absolute Gasteiger partial charge is 0.387 e. The molecule has 6 heteroatoms. The molecule has 0 fully saturated rings. The number of hydrogen-bond donors (Lipinski definition) is 2. The van der Waals surface area contributed by atoms with E-state index in [1.54, 1.807) is 31.0 Å². The fourth-order valence-corrected chi connectivity index (χ4v) is 1.64. The van der Waals surface area contributed by atoms with Gasteiger partial charge in [0.25, 0.3) is 5.91 Å². The third kappa shape index (κ3) is 2.65. The Hall–Kier alpha value is -2.37. The molecule has 94 valence electrons. The van der Waals surface area contributed by atoms with Gasteiger partial charge in [0.15, 0.2) is 0 Å². The number of carbonyl (C=O) groups excluding carboxylic acids is 1. The average Bonchev–Trinajstić information content (AvgIpc) is 2.81. The molecule has 1 aromatic carbocycles. The highest BCUT2D eigenvalue weighted by Gasteiger charge is 2.10. The van der Waals surface area contributed by atoms with Crippen LogP contribution in [-0.4, -0.2) is 27.9 Å². The van der Waals surface area contributed by atoms with Gasteiger partial charge < -0.3 is 10.6 Å². The van der Waals surface area contributed by atoms with Crippen LogP contribution < -0.4 is 10.6 Å². The summed E-state index contributed by atoms with van der Waals surface area (Å²) in [7, 11) is 3.57. The topological polar surface area (TPSA) is 71.8 Å². The number of aryl methyl sites for hydroxylation is 1. The molecule has 0 aliphatic carbocycles. The molecule has 0 unspecified atom stereocenters. The molecule has 0 aliphatic rings. The van der Waals surface area contributed by atoms with E-state index in [9.17, 15) is 4.79 Å². The summed E-state index contributed by atoms with van der Waals surface area (Å²) in [6.45, 7) is 0.366. The Morgan fingerprint density at radius 1 is 1.39 bits per heavy atom. The van der Waals surface area contributed by atoms with Crippen molar-refractivity contribution in [2.24, 2.45) is 7.05 Å². The number of anilines is 1. The van der Waals surface area contributed by atoms with Gasteiger partial charge >= 0.3 is 0 Å². The Balaban J connectivity index is 2.03.